The summed E-state index contributed by atoms with van der Waals surface area (Å²) in [5.41, 5.74) is 4.43. The maximum absolute atomic E-state index is 10.9. The molecule has 4 heteroatoms. The van der Waals surface area contributed by atoms with Gasteiger partial charge in [-0.3, -0.25) is 0 Å². The van der Waals surface area contributed by atoms with Gasteiger partial charge in [0, 0.05) is 0 Å². The molecule has 0 aromatic heterocycles. The van der Waals surface area contributed by atoms with Gasteiger partial charge >= 0.3 is 5.97 Å². The van der Waals surface area contributed by atoms with Crippen LogP contribution in [0.15, 0.2) is 30.3 Å². The largest absolute Gasteiger partial charge is 0.507 e. The minimum absolute atomic E-state index is 0.121. The molecule has 0 radical (unpaired) electrons. The van der Waals surface area contributed by atoms with Crippen LogP contribution in [-0.4, -0.2) is 16.2 Å². The van der Waals surface area contributed by atoms with Crippen LogP contribution in [0.4, 0.5) is 0 Å². The number of nitriles is 1. The van der Waals surface area contributed by atoms with E-state index in [1.807, 2.05) is 6.07 Å². The number of rotatable bonds is 2. The van der Waals surface area contributed by atoms with Gasteiger partial charge in [-0.1, -0.05) is 6.07 Å². The number of carboxylic acid groups (broad SMARTS) is 1. The van der Waals surface area contributed by atoms with E-state index in [-0.39, 0.29) is 11.3 Å². The predicted octanol–water partition coefficient (Wildman–Crippen LogP) is 2.73. The Hall–Kier alpha value is -2.80. The molecular weight excluding hydrogens is 254 g/mol. The van der Waals surface area contributed by atoms with E-state index in [4.69, 9.17) is 10.4 Å². The van der Waals surface area contributed by atoms with Crippen molar-refractivity contribution < 1.29 is 15.0 Å². The first-order chi connectivity index (χ1) is 9.60. The number of carbonyl (C=O) groups is 1. The molecule has 2 N–H and O–H groups in total. The molecule has 0 bridgehead atoms. The normalized spacial score (nSPS) is 12.2. The average molecular weight is 265 g/mol. The molecule has 1 aliphatic rings. The molecule has 20 heavy (non-hydrogen) atoms. The summed E-state index contributed by atoms with van der Waals surface area (Å²) in [5, 5.41) is 27.7. The molecule has 2 aromatic rings. The zero-order valence-electron chi connectivity index (χ0n) is 10.6. The van der Waals surface area contributed by atoms with Crippen molar-refractivity contribution in [2.24, 2.45) is 0 Å². The van der Waals surface area contributed by atoms with E-state index in [1.165, 1.54) is 17.7 Å². The van der Waals surface area contributed by atoms with Crippen molar-refractivity contribution >= 4 is 5.97 Å². The molecule has 0 saturated heterocycles. The smallest absolute Gasteiger partial charge is 0.339 e. The van der Waals surface area contributed by atoms with Crippen molar-refractivity contribution in [1.29, 1.82) is 5.26 Å². The minimum Gasteiger partial charge on any atom is -0.507 e. The maximum atomic E-state index is 10.9. The Morgan fingerprint density at radius 1 is 1.20 bits per heavy atom. The van der Waals surface area contributed by atoms with Crippen molar-refractivity contribution in [3.8, 4) is 22.9 Å². The highest BCUT2D eigenvalue weighted by molar-refractivity contribution is 5.92. The van der Waals surface area contributed by atoms with Crippen molar-refractivity contribution in [3.63, 3.8) is 0 Å². The van der Waals surface area contributed by atoms with Gasteiger partial charge in [0.25, 0.3) is 0 Å². The summed E-state index contributed by atoms with van der Waals surface area (Å²) in [6, 6.07) is 10.3. The first kappa shape index (κ1) is 12.2. The highest BCUT2D eigenvalue weighted by Gasteiger charge is 2.20. The lowest BCUT2D eigenvalue weighted by molar-refractivity contribution is 0.0694. The van der Waals surface area contributed by atoms with Crippen LogP contribution < -0.4 is 0 Å². The summed E-state index contributed by atoms with van der Waals surface area (Å²) in [7, 11) is 0. The van der Waals surface area contributed by atoms with Crippen LogP contribution in [-0.2, 0) is 12.8 Å². The summed E-state index contributed by atoms with van der Waals surface area (Å²) >= 11 is 0. The second-order valence-electron chi connectivity index (χ2n) is 4.81. The number of carboxylic acids is 1. The Morgan fingerprint density at radius 3 is 2.55 bits per heavy atom. The average Bonchev–Trinajstić information content (AvgIpc) is 2.39. The Morgan fingerprint density at radius 2 is 2.00 bits per heavy atom. The first-order valence-corrected chi connectivity index (χ1v) is 6.22. The number of aromatic carboxylic acids is 1. The third kappa shape index (κ3) is 1.81. The van der Waals surface area contributed by atoms with Gasteiger partial charge < -0.3 is 10.2 Å². The van der Waals surface area contributed by atoms with Gasteiger partial charge in [-0.2, -0.15) is 5.26 Å². The zero-order valence-corrected chi connectivity index (χ0v) is 10.6. The Balaban J connectivity index is 2.15. The number of phenols is 1. The number of benzene rings is 2. The summed E-state index contributed by atoms with van der Waals surface area (Å²) in [6.45, 7) is 0. The number of aromatic hydroxyl groups is 1. The van der Waals surface area contributed by atoms with Crippen LogP contribution in [0.1, 0.15) is 27.0 Å². The number of nitrogens with zero attached hydrogens (tertiary/aromatic N) is 1. The van der Waals surface area contributed by atoms with Crippen molar-refractivity contribution in [2.75, 3.05) is 0 Å². The predicted molar refractivity (Wildman–Crippen MR) is 72.6 cm³/mol. The topological polar surface area (TPSA) is 81.3 Å². The zero-order chi connectivity index (χ0) is 14.3. The molecule has 4 nitrogen and oxygen atoms in total. The lowest BCUT2D eigenvalue weighted by atomic mass is 9.81. The molecule has 0 amide bonds. The third-order valence-corrected chi connectivity index (χ3v) is 3.65. The molecule has 0 spiro atoms. The van der Waals surface area contributed by atoms with Crippen molar-refractivity contribution in [2.45, 2.75) is 12.8 Å². The van der Waals surface area contributed by atoms with E-state index in [0.717, 1.165) is 29.5 Å². The molecule has 3 rings (SSSR count). The van der Waals surface area contributed by atoms with Crippen molar-refractivity contribution in [3.05, 3.63) is 52.6 Å². The van der Waals surface area contributed by atoms with Crippen LogP contribution in [0.2, 0.25) is 0 Å². The molecule has 0 unspecified atom stereocenters. The van der Waals surface area contributed by atoms with Gasteiger partial charge in [0.15, 0.2) is 0 Å². The van der Waals surface area contributed by atoms with Gasteiger partial charge in [0.1, 0.15) is 11.3 Å². The summed E-state index contributed by atoms with van der Waals surface area (Å²) in [6.07, 6.45) is 1.90. The van der Waals surface area contributed by atoms with Crippen LogP contribution >= 0.6 is 0 Å². The number of hydrogen-bond donors (Lipinski definition) is 2. The molecular formula is C16H11NO3. The third-order valence-electron chi connectivity index (χ3n) is 3.65. The standard InChI is InChI=1S/C16H11NO3/c17-8-9-5-10-1-3-12(10)14(6-9)11-2-4-13(16(19)20)15(18)7-11/h2,4-7,18H,1,3H2,(H,19,20). The molecule has 98 valence electrons. The summed E-state index contributed by atoms with van der Waals surface area (Å²) in [5.74, 6) is -1.42. The fourth-order valence-electron chi connectivity index (χ4n) is 2.54. The lowest BCUT2D eigenvalue weighted by Crippen LogP contribution is -2.10. The van der Waals surface area contributed by atoms with E-state index in [0.29, 0.717) is 5.56 Å². The second-order valence-corrected chi connectivity index (χ2v) is 4.81. The first-order valence-electron chi connectivity index (χ1n) is 6.22. The quantitative estimate of drug-likeness (QED) is 0.874. The maximum Gasteiger partial charge on any atom is 0.339 e. The van der Waals surface area contributed by atoms with Gasteiger partial charge in [0.05, 0.1) is 11.6 Å². The SMILES string of the molecule is N#Cc1cc2c(c(-c3ccc(C(=O)O)c(O)c3)c1)CC2. The Kier molecular flexibility index (Phi) is 2.69. The van der Waals surface area contributed by atoms with Gasteiger partial charge in [0.2, 0.25) is 0 Å². The lowest BCUT2D eigenvalue weighted by Gasteiger charge is -2.23. The van der Waals surface area contributed by atoms with Crippen LogP contribution in [0.5, 0.6) is 5.75 Å². The number of fused-ring (bicyclic) bond motifs is 1. The Labute approximate surface area is 115 Å². The molecule has 1 aliphatic carbocycles. The summed E-state index contributed by atoms with van der Waals surface area (Å²) < 4.78 is 0. The van der Waals surface area contributed by atoms with E-state index in [1.54, 1.807) is 12.1 Å². The molecule has 0 fully saturated rings. The monoisotopic (exact) mass is 265 g/mol. The summed E-state index contributed by atoms with van der Waals surface area (Å²) in [4.78, 5) is 10.9. The van der Waals surface area contributed by atoms with E-state index in [2.05, 4.69) is 6.07 Å². The van der Waals surface area contributed by atoms with Gasteiger partial charge in [-0.05, 0) is 59.4 Å². The molecule has 0 saturated carbocycles. The minimum atomic E-state index is -1.16. The highest BCUT2D eigenvalue weighted by atomic mass is 16.4. The fraction of sp³-hybridized carbons (Fsp3) is 0.125. The number of aryl methyl sites for hydroxylation is 1. The molecule has 0 aliphatic heterocycles. The van der Waals surface area contributed by atoms with Crippen LogP contribution in [0, 0.1) is 11.3 Å². The van der Waals surface area contributed by atoms with Gasteiger partial charge in [-0.25, -0.2) is 4.79 Å². The second kappa shape index (κ2) is 4.39. The van der Waals surface area contributed by atoms with E-state index < -0.39 is 5.97 Å². The highest BCUT2D eigenvalue weighted by Crippen LogP contribution is 2.36. The van der Waals surface area contributed by atoms with Gasteiger partial charge in [-0.15, -0.1) is 0 Å². The van der Waals surface area contributed by atoms with Crippen molar-refractivity contribution in [1.82, 2.24) is 0 Å². The van der Waals surface area contributed by atoms with E-state index >= 15 is 0 Å². The number of hydrogen-bond acceptors (Lipinski definition) is 3. The fourth-order valence-corrected chi connectivity index (χ4v) is 2.54. The molecule has 0 atom stereocenters. The van der Waals surface area contributed by atoms with Crippen LogP contribution in [0.25, 0.3) is 11.1 Å². The van der Waals surface area contributed by atoms with Crippen LogP contribution in [0.3, 0.4) is 0 Å². The molecule has 0 heterocycles. The molecule has 2 aromatic carbocycles. The van der Waals surface area contributed by atoms with E-state index in [9.17, 15) is 9.90 Å². The Bertz CT molecular complexity index is 772.